The van der Waals surface area contributed by atoms with Crippen LogP contribution in [0.2, 0.25) is 0 Å². The van der Waals surface area contributed by atoms with Crippen LogP contribution in [-0.2, 0) is 9.53 Å². The van der Waals surface area contributed by atoms with Crippen molar-refractivity contribution in [3.05, 3.63) is 22.5 Å². The molecule has 3 aliphatic rings. The van der Waals surface area contributed by atoms with Crippen LogP contribution in [0.4, 0.5) is 0 Å². The van der Waals surface area contributed by atoms with E-state index in [1.54, 1.807) is 0 Å². The van der Waals surface area contributed by atoms with Crippen molar-refractivity contribution in [3.8, 4) is 18.2 Å². The molecule has 2 N–H and O–H groups in total. The first-order valence-electron chi connectivity index (χ1n) is 7.06. The van der Waals surface area contributed by atoms with Crippen LogP contribution in [0.3, 0.4) is 0 Å². The SMILES string of the molecule is COC(=O)/C(C#N)=C1/N[C@]2(C)CC(C)(C)[C@H]1C(=C(C#N)C#N)N2. The molecule has 0 saturated carbocycles. The predicted octanol–water partition coefficient (Wildman–Crippen LogP) is 1.19. The summed E-state index contributed by atoms with van der Waals surface area (Å²) in [4.78, 5) is 11.9. The van der Waals surface area contributed by atoms with E-state index in [1.165, 1.54) is 7.11 Å². The predicted molar refractivity (Wildman–Crippen MR) is 79.5 cm³/mol. The Labute approximate surface area is 134 Å². The fraction of sp³-hybridized carbons (Fsp3) is 0.500. The minimum absolute atomic E-state index is 0.0462. The largest absolute Gasteiger partial charge is 0.465 e. The molecule has 3 rings (SSSR count). The average Bonchev–Trinajstić information content (AvgIpc) is 2.46. The Morgan fingerprint density at radius 2 is 1.70 bits per heavy atom. The van der Waals surface area contributed by atoms with Gasteiger partial charge in [-0.25, -0.2) is 4.79 Å². The molecule has 0 spiro atoms. The third kappa shape index (κ3) is 2.49. The van der Waals surface area contributed by atoms with Gasteiger partial charge < -0.3 is 15.4 Å². The number of nitrogens with one attached hydrogen (secondary N) is 2. The molecule has 0 radical (unpaired) electrons. The maximum Gasteiger partial charge on any atom is 0.350 e. The number of rotatable bonds is 1. The smallest absolute Gasteiger partial charge is 0.350 e. The fourth-order valence-electron chi connectivity index (χ4n) is 3.67. The second kappa shape index (κ2) is 5.34. The van der Waals surface area contributed by atoms with Crippen molar-refractivity contribution in [2.75, 3.05) is 7.11 Å². The fourth-order valence-corrected chi connectivity index (χ4v) is 3.67. The Balaban J connectivity index is 2.80. The molecule has 3 fully saturated rings. The number of allylic oxidation sites excluding steroid dienone is 1. The lowest BCUT2D eigenvalue weighted by Gasteiger charge is -2.57. The summed E-state index contributed by atoms with van der Waals surface area (Å²) >= 11 is 0. The highest BCUT2D eigenvalue weighted by Crippen LogP contribution is 2.51. The number of hydrogen-bond donors (Lipinski definition) is 2. The molecule has 3 heterocycles. The van der Waals surface area contributed by atoms with E-state index in [-0.39, 0.29) is 16.6 Å². The van der Waals surface area contributed by atoms with Crippen molar-refractivity contribution in [1.29, 1.82) is 15.8 Å². The number of carbonyl (C=O) groups is 1. The van der Waals surface area contributed by atoms with Gasteiger partial charge in [-0.15, -0.1) is 0 Å². The molecule has 3 aliphatic heterocycles. The molecule has 7 heteroatoms. The van der Waals surface area contributed by atoms with Gasteiger partial charge in [0, 0.05) is 11.6 Å². The van der Waals surface area contributed by atoms with Gasteiger partial charge >= 0.3 is 5.97 Å². The second-order valence-electron chi connectivity index (χ2n) is 6.58. The minimum atomic E-state index is -0.739. The van der Waals surface area contributed by atoms with Crippen LogP contribution in [0.5, 0.6) is 0 Å². The van der Waals surface area contributed by atoms with Crippen molar-refractivity contribution >= 4 is 5.97 Å². The number of ether oxygens (including phenoxy) is 1. The Morgan fingerprint density at radius 3 is 2.13 bits per heavy atom. The van der Waals surface area contributed by atoms with Crippen LogP contribution < -0.4 is 10.6 Å². The number of hydrogen-bond acceptors (Lipinski definition) is 7. The molecule has 118 valence electrons. The first-order valence-corrected chi connectivity index (χ1v) is 7.06. The molecule has 23 heavy (non-hydrogen) atoms. The zero-order valence-corrected chi connectivity index (χ0v) is 13.4. The summed E-state index contributed by atoms with van der Waals surface area (Å²) in [6.45, 7) is 5.83. The van der Waals surface area contributed by atoms with Gasteiger partial charge in [-0.3, -0.25) is 0 Å². The van der Waals surface area contributed by atoms with Gasteiger partial charge in [0.1, 0.15) is 29.4 Å². The van der Waals surface area contributed by atoms with E-state index >= 15 is 0 Å². The molecule has 7 nitrogen and oxygen atoms in total. The maximum atomic E-state index is 11.9. The third-order valence-corrected chi connectivity index (χ3v) is 4.25. The van der Waals surface area contributed by atoms with Crippen LogP contribution in [0.25, 0.3) is 0 Å². The van der Waals surface area contributed by atoms with Gasteiger partial charge in [-0.2, -0.15) is 15.8 Å². The Hall–Kier alpha value is -2.98. The number of piperidine rings is 2. The summed E-state index contributed by atoms with van der Waals surface area (Å²) in [6, 6.07) is 5.66. The maximum absolute atomic E-state index is 11.9. The van der Waals surface area contributed by atoms with E-state index in [4.69, 9.17) is 0 Å². The first kappa shape index (κ1) is 16.4. The number of nitrogens with zero attached hydrogens (tertiary/aromatic N) is 3. The molecule has 2 atom stereocenters. The summed E-state index contributed by atoms with van der Waals surface area (Å²) in [5.74, 6) is -1.20. The zero-order valence-electron chi connectivity index (χ0n) is 13.4. The van der Waals surface area contributed by atoms with Gasteiger partial charge in [0.25, 0.3) is 0 Å². The standard InChI is InChI=1S/C16H17N5O2/c1-15(2)8-16(3)20-12(9(5-17)6-18)11(15)13(21-16)10(7-19)14(22)23-4/h11,20-21H,8H2,1-4H3/b13-10+/t11-,16+/m0/s1. The van der Waals surface area contributed by atoms with Crippen LogP contribution in [-0.4, -0.2) is 18.7 Å². The van der Waals surface area contributed by atoms with Crippen molar-refractivity contribution in [2.45, 2.75) is 32.9 Å². The number of fused-ring (bicyclic) bond motifs is 3. The summed E-state index contributed by atoms with van der Waals surface area (Å²) < 4.78 is 4.69. The van der Waals surface area contributed by atoms with E-state index in [9.17, 15) is 20.6 Å². The summed E-state index contributed by atoms with van der Waals surface area (Å²) in [5, 5.41) is 34.2. The van der Waals surface area contributed by atoms with Crippen LogP contribution in [0.15, 0.2) is 22.5 Å². The number of carbonyl (C=O) groups excluding carboxylic acids is 1. The lowest BCUT2D eigenvalue weighted by Crippen LogP contribution is -2.69. The van der Waals surface area contributed by atoms with E-state index in [1.807, 2.05) is 39.0 Å². The molecule has 0 aromatic carbocycles. The first-order chi connectivity index (χ1) is 10.7. The van der Waals surface area contributed by atoms with Gasteiger partial charge in [-0.1, -0.05) is 13.8 Å². The molecule has 0 unspecified atom stereocenters. The van der Waals surface area contributed by atoms with E-state index < -0.39 is 17.6 Å². The normalized spacial score (nSPS) is 29.1. The number of esters is 1. The highest BCUT2D eigenvalue weighted by atomic mass is 16.5. The van der Waals surface area contributed by atoms with Crippen LogP contribution in [0.1, 0.15) is 27.2 Å². The molecule has 0 amide bonds. The lowest BCUT2D eigenvalue weighted by atomic mass is 9.62. The topological polar surface area (TPSA) is 122 Å². The molecule has 0 aromatic rings. The highest BCUT2D eigenvalue weighted by molar-refractivity contribution is 5.93. The van der Waals surface area contributed by atoms with Crippen LogP contribution >= 0.6 is 0 Å². The summed E-state index contributed by atoms with van der Waals surface area (Å²) in [6.07, 6.45) is 0.696. The van der Waals surface area contributed by atoms with Gasteiger partial charge in [0.05, 0.1) is 12.8 Å². The molecular formula is C16H17N5O2. The quantitative estimate of drug-likeness (QED) is 0.424. The Kier molecular flexibility index (Phi) is 3.80. The minimum Gasteiger partial charge on any atom is -0.465 e. The molecular weight excluding hydrogens is 294 g/mol. The van der Waals surface area contributed by atoms with E-state index in [0.29, 0.717) is 17.8 Å². The number of nitriles is 3. The van der Waals surface area contributed by atoms with Crippen molar-refractivity contribution in [1.82, 2.24) is 10.6 Å². The second-order valence-corrected chi connectivity index (χ2v) is 6.58. The molecule has 0 aliphatic carbocycles. The monoisotopic (exact) mass is 311 g/mol. The van der Waals surface area contributed by atoms with Crippen molar-refractivity contribution in [3.63, 3.8) is 0 Å². The third-order valence-electron chi connectivity index (χ3n) is 4.25. The van der Waals surface area contributed by atoms with Crippen molar-refractivity contribution < 1.29 is 9.53 Å². The summed E-state index contributed by atoms with van der Waals surface area (Å²) in [7, 11) is 1.21. The van der Waals surface area contributed by atoms with Gasteiger partial charge in [-0.05, 0) is 18.8 Å². The zero-order chi connectivity index (χ0) is 17.4. The summed E-state index contributed by atoms with van der Waals surface area (Å²) in [5.41, 5.74) is -0.363. The highest BCUT2D eigenvalue weighted by Gasteiger charge is 2.54. The van der Waals surface area contributed by atoms with Crippen LogP contribution in [0, 0.1) is 45.3 Å². The van der Waals surface area contributed by atoms with Crippen molar-refractivity contribution in [2.24, 2.45) is 11.3 Å². The lowest BCUT2D eigenvalue weighted by molar-refractivity contribution is -0.135. The van der Waals surface area contributed by atoms with E-state index in [2.05, 4.69) is 15.4 Å². The molecule has 3 saturated heterocycles. The Morgan fingerprint density at radius 1 is 1.13 bits per heavy atom. The number of methoxy groups -OCH3 is 1. The molecule has 0 aromatic heterocycles. The average molecular weight is 311 g/mol. The van der Waals surface area contributed by atoms with Gasteiger partial charge in [0.15, 0.2) is 5.57 Å². The Bertz CT molecular complexity index is 738. The molecule has 2 bridgehead atoms. The van der Waals surface area contributed by atoms with E-state index in [0.717, 1.165) is 0 Å². The van der Waals surface area contributed by atoms with Gasteiger partial charge in [0.2, 0.25) is 0 Å².